The average molecular weight is 299 g/mol. The summed E-state index contributed by atoms with van der Waals surface area (Å²) in [5.74, 6) is 0. The van der Waals surface area contributed by atoms with Gasteiger partial charge in [0.2, 0.25) is 0 Å². The van der Waals surface area contributed by atoms with Gasteiger partial charge in [0.15, 0.2) is 0 Å². The van der Waals surface area contributed by atoms with Gasteiger partial charge >= 0.3 is 0 Å². The number of hydrogen-bond donors (Lipinski definition) is 1. The highest BCUT2D eigenvalue weighted by atomic mass is 127. The van der Waals surface area contributed by atoms with E-state index < -0.39 is 0 Å². The van der Waals surface area contributed by atoms with Crippen LogP contribution in [0.1, 0.15) is 19.8 Å². The van der Waals surface area contributed by atoms with Gasteiger partial charge in [-0.1, -0.05) is 22.6 Å². The van der Waals surface area contributed by atoms with Crippen LogP contribution in [-0.2, 0) is 4.74 Å². The predicted octanol–water partition coefficient (Wildman–Crippen LogP) is 1.24. The van der Waals surface area contributed by atoms with Crippen LogP contribution in [0.15, 0.2) is 0 Å². The Hall–Kier alpha value is 0.610. The molecule has 4 heteroatoms. The first-order valence-corrected chi connectivity index (χ1v) is 6.09. The van der Waals surface area contributed by atoms with Crippen LogP contribution in [0.25, 0.3) is 0 Å². The maximum absolute atomic E-state index is 9.59. The van der Waals surface area contributed by atoms with Crippen molar-refractivity contribution in [3.8, 4) is 0 Å². The number of β-amino-alcohol motifs (C(OH)–C–C–N with tert-alkyl or cyclic N) is 1. The lowest BCUT2D eigenvalue weighted by atomic mass is 10.3. The Bertz CT molecular complexity index is 138. The van der Waals surface area contributed by atoms with Gasteiger partial charge < -0.3 is 14.7 Å². The minimum Gasteiger partial charge on any atom is -0.389 e. The van der Waals surface area contributed by atoms with Crippen LogP contribution in [0.3, 0.4) is 0 Å². The second kappa shape index (κ2) is 6.16. The molecule has 1 aliphatic heterocycles. The van der Waals surface area contributed by atoms with Gasteiger partial charge in [-0.3, -0.25) is 0 Å². The smallest absolute Gasteiger partial charge is 0.106 e. The van der Waals surface area contributed by atoms with Crippen LogP contribution in [0.5, 0.6) is 0 Å². The molecule has 1 heterocycles. The number of likely N-dealkylation sites (tertiary alicyclic amines) is 1. The molecule has 0 aromatic carbocycles. The molecule has 1 N–H and O–H groups in total. The highest BCUT2D eigenvalue weighted by molar-refractivity contribution is 14.1. The molecule has 0 saturated carbocycles. The van der Waals surface area contributed by atoms with E-state index in [0.717, 1.165) is 19.6 Å². The molecule has 0 amide bonds. The fourth-order valence-electron chi connectivity index (χ4n) is 1.56. The molecular formula is C9H18INO2. The van der Waals surface area contributed by atoms with Crippen molar-refractivity contribution < 1.29 is 9.84 Å². The first kappa shape index (κ1) is 11.7. The molecule has 2 unspecified atom stereocenters. The standard InChI is InChI=1S/C9H18INO2/c1-8(10)13-7-9(12)6-11-4-2-3-5-11/h8-9,12H,2-7H2,1H3. The van der Waals surface area contributed by atoms with Crippen LogP contribution < -0.4 is 0 Å². The van der Waals surface area contributed by atoms with E-state index in [1.54, 1.807) is 0 Å². The normalized spacial score (nSPS) is 23.3. The van der Waals surface area contributed by atoms with Gasteiger partial charge in [0.1, 0.15) is 4.11 Å². The largest absolute Gasteiger partial charge is 0.389 e. The number of aliphatic hydroxyl groups excluding tert-OH is 1. The van der Waals surface area contributed by atoms with Crippen molar-refractivity contribution in [2.45, 2.75) is 30.0 Å². The topological polar surface area (TPSA) is 32.7 Å². The molecule has 2 atom stereocenters. The summed E-state index contributed by atoms with van der Waals surface area (Å²) in [6.45, 7) is 5.47. The molecule has 0 spiro atoms. The summed E-state index contributed by atoms with van der Waals surface area (Å²) in [7, 11) is 0. The quantitative estimate of drug-likeness (QED) is 0.612. The van der Waals surface area contributed by atoms with Gasteiger partial charge in [0.05, 0.1) is 12.7 Å². The Morgan fingerprint density at radius 2 is 2.08 bits per heavy atom. The molecule has 0 aliphatic carbocycles. The van der Waals surface area contributed by atoms with Crippen molar-refractivity contribution in [2.24, 2.45) is 0 Å². The number of alkyl halides is 1. The maximum atomic E-state index is 9.59. The maximum Gasteiger partial charge on any atom is 0.106 e. The lowest BCUT2D eigenvalue weighted by Gasteiger charge is -2.19. The van der Waals surface area contributed by atoms with Crippen LogP contribution in [-0.4, -0.2) is 46.5 Å². The fraction of sp³-hybridized carbons (Fsp3) is 1.00. The van der Waals surface area contributed by atoms with Crippen LogP contribution in [0.2, 0.25) is 0 Å². The van der Waals surface area contributed by atoms with Crippen molar-refractivity contribution in [1.82, 2.24) is 4.90 Å². The van der Waals surface area contributed by atoms with Gasteiger partial charge in [0.25, 0.3) is 0 Å². The Balaban J connectivity index is 2.05. The third kappa shape index (κ3) is 5.15. The molecule has 78 valence electrons. The summed E-state index contributed by atoms with van der Waals surface area (Å²) in [6.07, 6.45) is 2.22. The molecule has 0 aromatic rings. The van der Waals surface area contributed by atoms with Gasteiger partial charge in [-0.25, -0.2) is 0 Å². The second-order valence-electron chi connectivity index (χ2n) is 3.54. The van der Waals surface area contributed by atoms with E-state index in [0.29, 0.717) is 6.61 Å². The van der Waals surface area contributed by atoms with Gasteiger partial charge in [-0.2, -0.15) is 0 Å². The third-order valence-corrected chi connectivity index (χ3v) is 2.55. The minimum absolute atomic E-state index is 0.186. The van der Waals surface area contributed by atoms with E-state index >= 15 is 0 Å². The van der Waals surface area contributed by atoms with Crippen LogP contribution >= 0.6 is 22.6 Å². The lowest BCUT2D eigenvalue weighted by Crippen LogP contribution is -2.33. The zero-order valence-electron chi connectivity index (χ0n) is 8.08. The Morgan fingerprint density at radius 3 is 2.62 bits per heavy atom. The zero-order chi connectivity index (χ0) is 9.68. The van der Waals surface area contributed by atoms with Gasteiger partial charge in [-0.05, 0) is 32.9 Å². The van der Waals surface area contributed by atoms with E-state index in [1.165, 1.54) is 12.8 Å². The van der Waals surface area contributed by atoms with Crippen LogP contribution in [0.4, 0.5) is 0 Å². The molecule has 0 bridgehead atoms. The summed E-state index contributed by atoms with van der Waals surface area (Å²) in [5.41, 5.74) is 0. The molecular weight excluding hydrogens is 281 g/mol. The lowest BCUT2D eigenvalue weighted by molar-refractivity contribution is 0.0197. The van der Waals surface area contributed by atoms with Crippen molar-refractivity contribution in [3.63, 3.8) is 0 Å². The minimum atomic E-state index is -0.324. The number of nitrogens with zero attached hydrogens (tertiary/aromatic N) is 1. The Labute approximate surface area is 93.6 Å². The molecule has 0 aromatic heterocycles. The molecule has 1 saturated heterocycles. The van der Waals surface area contributed by atoms with E-state index in [4.69, 9.17) is 4.74 Å². The zero-order valence-corrected chi connectivity index (χ0v) is 10.2. The summed E-state index contributed by atoms with van der Waals surface area (Å²) >= 11 is 2.19. The average Bonchev–Trinajstić information content (AvgIpc) is 2.53. The summed E-state index contributed by atoms with van der Waals surface area (Å²) in [6, 6.07) is 0. The van der Waals surface area contributed by atoms with E-state index in [1.807, 2.05) is 6.92 Å². The van der Waals surface area contributed by atoms with Crippen molar-refractivity contribution in [1.29, 1.82) is 0 Å². The van der Waals surface area contributed by atoms with Crippen LogP contribution in [0, 0.1) is 0 Å². The molecule has 13 heavy (non-hydrogen) atoms. The number of hydrogen-bond acceptors (Lipinski definition) is 3. The molecule has 1 fully saturated rings. The Kier molecular flexibility index (Phi) is 5.54. The fourth-order valence-corrected chi connectivity index (χ4v) is 1.77. The first-order valence-electron chi connectivity index (χ1n) is 4.84. The molecule has 3 nitrogen and oxygen atoms in total. The molecule has 1 rings (SSSR count). The Morgan fingerprint density at radius 1 is 1.46 bits per heavy atom. The SMILES string of the molecule is CC(I)OCC(O)CN1CCCC1. The van der Waals surface area contributed by atoms with Crippen molar-refractivity contribution in [3.05, 3.63) is 0 Å². The molecule has 1 aliphatic rings. The van der Waals surface area contributed by atoms with Crippen molar-refractivity contribution >= 4 is 22.6 Å². The molecule has 0 radical (unpaired) electrons. The summed E-state index contributed by atoms with van der Waals surface area (Å²) < 4.78 is 5.51. The van der Waals surface area contributed by atoms with E-state index in [-0.39, 0.29) is 10.2 Å². The summed E-state index contributed by atoms with van der Waals surface area (Å²) in [4.78, 5) is 2.30. The first-order chi connectivity index (χ1) is 6.18. The van der Waals surface area contributed by atoms with E-state index in [9.17, 15) is 5.11 Å². The van der Waals surface area contributed by atoms with Gasteiger partial charge in [-0.15, -0.1) is 0 Å². The highest BCUT2D eigenvalue weighted by Crippen LogP contribution is 2.08. The number of rotatable bonds is 5. The number of halogens is 1. The van der Waals surface area contributed by atoms with Crippen molar-refractivity contribution in [2.75, 3.05) is 26.2 Å². The van der Waals surface area contributed by atoms with Gasteiger partial charge in [0, 0.05) is 6.54 Å². The predicted molar refractivity (Wildman–Crippen MR) is 61.1 cm³/mol. The highest BCUT2D eigenvalue weighted by Gasteiger charge is 2.15. The monoisotopic (exact) mass is 299 g/mol. The third-order valence-electron chi connectivity index (χ3n) is 2.19. The second-order valence-corrected chi connectivity index (χ2v) is 5.29. The van der Waals surface area contributed by atoms with E-state index in [2.05, 4.69) is 27.5 Å². The number of ether oxygens (including phenoxy) is 1. The number of aliphatic hydroxyl groups is 1. The summed E-state index contributed by atoms with van der Waals surface area (Å²) in [5, 5.41) is 9.59.